The van der Waals surface area contributed by atoms with E-state index in [-0.39, 0.29) is 24.5 Å². The predicted molar refractivity (Wildman–Crippen MR) is 111 cm³/mol. The van der Waals surface area contributed by atoms with E-state index in [2.05, 4.69) is 10.6 Å². The second-order valence-electron chi connectivity index (χ2n) is 6.85. The molecular weight excluding hydrogens is 389 g/mol. The Hall–Kier alpha value is -3.13. The van der Waals surface area contributed by atoms with Gasteiger partial charge in [-0.2, -0.15) is 0 Å². The molecule has 1 aliphatic rings. The number of fused-ring (bicyclic) bond motifs is 1. The summed E-state index contributed by atoms with van der Waals surface area (Å²) in [6.07, 6.45) is 0.421. The molecule has 0 aliphatic carbocycles. The molecule has 0 unspecified atom stereocenters. The summed E-state index contributed by atoms with van der Waals surface area (Å²) in [4.78, 5) is 26.2. The van der Waals surface area contributed by atoms with Crippen LogP contribution in [-0.4, -0.2) is 43.3 Å². The maximum Gasteiger partial charge on any atom is 0.319 e. The maximum atomic E-state index is 13.8. The number of ether oxygens (including phenoxy) is 2. The van der Waals surface area contributed by atoms with Crippen LogP contribution in [0.3, 0.4) is 0 Å². The fourth-order valence-corrected chi connectivity index (χ4v) is 3.32. The highest BCUT2D eigenvalue weighted by Gasteiger charge is 2.17. The molecule has 0 radical (unpaired) electrons. The number of rotatable bonds is 7. The molecule has 2 aromatic rings. The molecule has 0 spiro atoms. The van der Waals surface area contributed by atoms with Crippen LogP contribution < -0.4 is 15.4 Å². The third-order valence-corrected chi connectivity index (χ3v) is 4.87. The Kier molecular flexibility index (Phi) is 7.24. The zero-order chi connectivity index (χ0) is 21.5. The molecule has 3 amide bonds. The Morgan fingerprint density at radius 1 is 1.13 bits per heavy atom. The fraction of sp³-hybridized carbons (Fsp3) is 0.364. The van der Waals surface area contributed by atoms with Crippen LogP contribution in [0.5, 0.6) is 5.75 Å². The fourth-order valence-electron chi connectivity index (χ4n) is 3.32. The zero-order valence-corrected chi connectivity index (χ0v) is 17.2. The quantitative estimate of drug-likeness (QED) is 0.725. The van der Waals surface area contributed by atoms with Crippen molar-refractivity contribution in [2.75, 3.05) is 31.7 Å². The molecule has 0 atom stereocenters. The zero-order valence-electron chi connectivity index (χ0n) is 17.2. The summed E-state index contributed by atoms with van der Waals surface area (Å²) in [6.45, 7) is 5.90. The first kappa shape index (κ1) is 21.6. The second kappa shape index (κ2) is 10.1. The lowest BCUT2D eigenvalue weighted by molar-refractivity contribution is -0.0172. The summed E-state index contributed by atoms with van der Waals surface area (Å²) in [5, 5.41) is 5.47. The number of carbonyl (C=O) groups excluding carboxylic acids is 2. The van der Waals surface area contributed by atoms with E-state index in [0.29, 0.717) is 60.8 Å². The summed E-state index contributed by atoms with van der Waals surface area (Å²) in [7, 11) is 0. The van der Waals surface area contributed by atoms with Crippen molar-refractivity contribution in [3.05, 3.63) is 58.9 Å². The summed E-state index contributed by atoms with van der Waals surface area (Å²) < 4.78 is 24.4. The molecule has 2 N–H and O–H groups in total. The molecule has 30 heavy (non-hydrogen) atoms. The number of amides is 3. The molecule has 0 saturated heterocycles. The van der Waals surface area contributed by atoms with Crippen molar-refractivity contribution >= 4 is 17.6 Å². The molecule has 160 valence electrons. The van der Waals surface area contributed by atoms with Gasteiger partial charge in [-0.3, -0.25) is 4.79 Å². The van der Waals surface area contributed by atoms with Crippen molar-refractivity contribution in [1.29, 1.82) is 0 Å². The topological polar surface area (TPSA) is 79.9 Å². The highest BCUT2D eigenvalue weighted by Crippen LogP contribution is 2.29. The number of urea groups is 1. The third-order valence-electron chi connectivity index (χ3n) is 4.87. The average molecular weight is 415 g/mol. The van der Waals surface area contributed by atoms with Crippen molar-refractivity contribution in [1.82, 2.24) is 10.2 Å². The summed E-state index contributed by atoms with van der Waals surface area (Å²) >= 11 is 0. The van der Waals surface area contributed by atoms with Gasteiger partial charge in [-0.1, -0.05) is 0 Å². The minimum absolute atomic E-state index is 0.0398. The lowest BCUT2D eigenvalue weighted by Crippen LogP contribution is -2.31. The summed E-state index contributed by atoms with van der Waals surface area (Å²) in [5.41, 5.74) is 2.50. The van der Waals surface area contributed by atoms with Gasteiger partial charge in [0.15, 0.2) is 6.79 Å². The second-order valence-corrected chi connectivity index (χ2v) is 6.85. The first-order valence-corrected chi connectivity index (χ1v) is 9.97. The van der Waals surface area contributed by atoms with Gasteiger partial charge in [0.05, 0.1) is 6.61 Å². The largest absolute Gasteiger partial charge is 0.467 e. The van der Waals surface area contributed by atoms with Crippen molar-refractivity contribution < 1.29 is 23.5 Å². The van der Waals surface area contributed by atoms with Gasteiger partial charge in [-0.05, 0) is 62.2 Å². The van der Waals surface area contributed by atoms with E-state index < -0.39 is 0 Å². The molecule has 2 aromatic carbocycles. The molecular formula is C22H26FN3O4. The Morgan fingerprint density at radius 3 is 2.57 bits per heavy atom. The highest BCUT2D eigenvalue weighted by molar-refractivity contribution is 5.95. The lowest BCUT2D eigenvalue weighted by atomic mass is 10.1. The van der Waals surface area contributed by atoms with Crippen LogP contribution in [0, 0.1) is 5.82 Å². The molecule has 0 aromatic heterocycles. The smallest absolute Gasteiger partial charge is 0.319 e. The average Bonchev–Trinajstić information content (AvgIpc) is 2.75. The van der Waals surface area contributed by atoms with Crippen LogP contribution in [0.15, 0.2) is 36.4 Å². The highest BCUT2D eigenvalue weighted by atomic mass is 19.1. The Labute approximate surface area is 175 Å². The van der Waals surface area contributed by atoms with Crippen molar-refractivity contribution in [3.63, 3.8) is 0 Å². The number of nitrogens with one attached hydrogen (secondary N) is 2. The van der Waals surface area contributed by atoms with Crippen LogP contribution >= 0.6 is 0 Å². The predicted octanol–water partition coefficient (Wildman–Crippen LogP) is 3.54. The van der Waals surface area contributed by atoms with Crippen LogP contribution in [0.2, 0.25) is 0 Å². The molecule has 0 bridgehead atoms. The molecule has 1 heterocycles. The molecule has 1 aliphatic heterocycles. The van der Waals surface area contributed by atoms with Gasteiger partial charge in [-0.25, -0.2) is 9.18 Å². The van der Waals surface area contributed by atoms with Crippen LogP contribution in [-0.2, 0) is 17.8 Å². The van der Waals surface area contributed by atoms with E-state index in [9.17, 15) is 14.0 Å². The van der Waals surface area contributed by atoms with Crippen molar-refractivity contribution in [3.8, 4) is 5.75 Å². The lowest BCUT2D eigenvalue weighted by Gasteiger charge is -2.21. The number of hydrogen-bond acceptors (Lipinski definition) is 4. The first-order chi connectivity index (χ1) is 14.5. The molecule has 0 fully saturated rings. The minimum Gasteiger partial charge on any atom is -0.467 e. The van der Waals surface area contributed by atoms with E-state index in [1.807, 2.05) is 13.8 Å². The molecule has 3 rings (SSSR count). The number of hydrogen-bond donors (Lipinski definition) is 2. The summed E-state index contributed by atoms with van der Waals surface area (Å²) in [6, 6.07) is 9.18. The Balaban J connectivity index is 1.52. The van der Waals surface area contributed by atoms with Gasteiger partial charge in [0.2, 0.25) is 0 Å². The maximum absolute atomic E-state index is 13.8. The van der Waals surface area contributed by atoms with E-state index in [1.54, 1.807) is 29.2 Å². The van der Waals surface area contributed by atoms with Gasteiger partial charge < -0.3 is 25.0 Å². The van der Waals surface area contributed by atoms with Gasteiger partial charge in [0.1, 0.15) is 11.6 Å². The minimum atomic E-state index is -0.382. The van der Waals surface area contributed by atoms with Crippen LogP contribution in [0.1, 0.15) is 35.3 Å². The van der Waals surface area contributed by atoms with Crippen LogP contribution in [0.4, 0.5) is 14.9 Å². The van der Waals surface area contributed by atoms with Crippen molar-refractivity contribution in [2.24, 2.45) is 0 Å². The molecule has 7 nitrogen and oxygen atoms in total. The van der Waals surface area contributed by atoms with E-state index >= 15 is 0 Å². The van der Waals surface area contributed by atoms with Gasteiger partial charge in [-0.15, -0.1) is 0 Å². The van der Waals surface area contributed by atoms with Gasteiger partial charge >= 0.3 is 6.03 Å². The van der Waals surface area contributed by atoms with Crippen LogP contribution in [0.25, 0.3) is 0 Å². The number of nitrogens with zero attached hydrogens (tertiary/aromatic N) is 1. The van der Waals surface area contributed by atoms with Gasteiger partial charge in [0, 0.05) is 36.4 Å². The number of carbonyl (C=O) groups is 2. The third kappa shape index (κ3) is 5.27. The Bertz CT molecular complexity index is 898. The van der Waals surface area contributed by atoms with E-state index in [0.717, 1.165) is 0 Å². The summed E-state index contributed by atoms with van der Waals surface area (Å²) in [5.74, 6) is 0.224. The van der Waals surface area contributed by atoms with Crippen molar-refractivity contribution in [2.45, 2.75) is 26.9 Å². The van der Waals surface area contributed by atoms with E-state index in [1.165, 1.54) is 12.1 Å². The standard InChI is InChI=1S/C22H26FN3O4/c1-3-26(4-2)21(27)15-5-7-19(8-6-15)25-22(28)24-10-9-16-11-18(23)12-17-13-29-14-30-20(16)17/h5-8,11-12H,3-4,9-10,13-14H2,1-2H3,(H2,24,25,28). The number of halogens is 1. The number of anilines is 1. The van der Waals surface area contributed by atoms with E-state index in [4.69, 9.17) is 9.47 Å². The molecule has 8 heteroatoms. The first-order valence-electron chi connectivity index (χ1n) is 9.97. The van der Waals surface area contributed by atoms with Gasteiger partial charge in [0.25, 0.3) is 5.91 Å². The normalized spacial score (nSPS) is 12.5. The monoisotopic (exact) mass is 415 g/mol. The Morgan fingerprint density at radius 2 is 1.87 bits per heavy atom. The SMILES string of the molecule is CCN(CC)C(=O)c1ccc(NC(=O)NCCc2cc(F)cc3c2OCOC3)cc1. The molecule has 0 saturated carbocycles. The number of benzene rings is 2.